The lowest BCUT2D eigenvalue weighted by molar-refractivity contribution is -0.136. The van der Waals surface area contributed by atoms with E-state index >= 15 is 0 Å². The number of rotatable bonds is 3. The zero-order valence-electron chi connectivity index (χ0n) is 14.7. The number of carbonyl (C=O) groups excluding carboxylic acids is 1. The van der Waals surface area contributed by atoms with Crippen LogP contribution in [0.2, 0.25) is 0 Å². The highest BCUT2D eigenvalue weighted by molar-refractivity contribution is 5.79. The Morgan fingerprint density at radius 3 is 2.42 bits per heavy atom. The Balaban J connectivity index is 1.27. The summed E-state index contributed by atoms with van der Waals surface area (Å²) in [7, 11) is 0. The van der Waals surface area contributed by atoms with E-state index in [0.717, 1.165) is 68.9 Å². The van der Waals surface area contributed by atoms with Gasteiger partial charge in [0.25, 0.3) is 0 Å². The van der Waals surface area contributed by atoms with Gasteiger partial charge in [0.1, 0.15) is 5.76 Å². The van der Waals surface area contributed by atoms with E-state index in [-0.39, 0.29) is 5.92 Å². The molecule has 0 aromatic carbocycles. The summed E-state index contributed by atoms with van der Waals surface area (Å²) in [5.74, 6) is 3.11. The molecule has 24 heavy (non-hydrogen) atoms. The first-order chi connectivity index (χ1) is 11.7. The second-order valence-electron chi connectivity index (χ2n) is 8.03. The molecule has 2 saturated heterocycles. The van der Waals surface area contributed by atoms with Crippen LogP contribution >= 0.6 is 0 Å². The van der Waals surface area contributed by atoms with Gasteiger partial charge >= 0.3 is 0 Å². The summed E-state index contributed by atoms with van der Waals surface area (Å²) in [6, 6.07) is 2.00. The number of amides is 1. The topological polar surface area (TPSA) is 49.6 Å². The average Bonchev–Trinajstić information content (AvgIpc) is 3.21. The van der Waals surface area contributed by atoms with Crippen LogP contribution in [0, 0.1) is 24.7 Å². The van der Waals surface area contributed by atoms with Gasteiger partial charge in [0.05, 0.1) is 5.69 Å². The zero-order valence-corrected chi connectivity index (χ0v) is 14.7. The third kappa shape index (κ3) is 3.37. The van der Waals surface area contributed by atoms with Gasteiger partial charge in [-0.15, -0.1) is 0 Å². The molecule has 1 saturated carbocycles. The molecule has 2 atom stereocenters. The third-order valence-electron chi connectivity index (χ3n) is 6.29. The number of hydrogen-bond acceptors (Lipinski definition) is 4. The first-order valence-electron chi connectivity index (χ1n) is 9.62. The van der Waals surface area contributed by atoms with E-state index in [9.17, 15) is 4.79 Å². The molecule has 3 heterocycles. The maximum absolute atomic E-state index is 12.9. The highest BCUT2D eigenvalue weighted by atomic mass is 16.5. The monoisotopic (exact) mass is 331 g/mol. The lowest BCUT2D eigenvalue weighted by Gasteiger charge is -2.32. The predicted octanol–water partition coefficient (Wildman–Crippen LogP) is 2.84. The summed E-state index contributed by atoms with van der Waals surface area (Å²) in [5.41, 5.74) is 1.00. The molecular weight excluding hydrogens is 302 g/mol. The molecule has 5 nitrogen and oxygen atoms in total. The second kappa shape index (κ2) is 6.87. The molecule has 3 fully saturated rings. The minimum absolute atomic E-state index is 0.237. The maximum atomic E-state index is 12.9. The molecule has 0 bridgehead atoms. The highest BCUT2D eigenvalue weighted by Gasteiger charge is 2.38. The fourth-order valence-corrected chi connectivity index (χ4v) is 4.90. The fraction of sp³-hybridized carbons (Fsp3) is 0.789. The van der Waals surface area contributed by atoms with Gasteiger partial charge in [0.15, 0.2) is 0 Å². The second-order valence-corrected chi connectivity index (χ2v) is 8.03. The van der Waals surface area contributed by atoms with Gasteiger partial charge in [0.2, 0.25) is 5.91 Å². The zero-order chi connectivity index (χ0) is 16.5. The van der Waals surface area contributed by atoms with E-state index in [1.807, 2.05) is 13.0 Å². The van der Waals surface area contributed by atoms with Crippen molar-refractivity contribution in [3.8, 4) is 0 Å². The van der Waals surface area contributed by atoms with E-state index in [0.29, 0.717) is 5.91 Å². The molecule has 0 spiro atoms. The molecular formula is C19H29N3O2. The molecule has 1 amide bonds. The summed E-state index contributed by atoms with van der Waals surface area (Å²) in [5, 5.41) is 4.08. The molecule has 3 aliphatic rings. The fourth-order valence-electron chi connectivity index (χ4n) is 4.90. The summed E-state index contributed by atoms with van der Waals surface area (Å²) >= 11 is 0. The van der Waals surface area contributed by atoms with E-state index in [2.05, 4.69) is 15.0 Å². The smallest absolute Gasteiger partial charge is 0.225 e. The summed E-state index contributed by atoms with van der Waals surface area (Å²) < 4.78 is 5.14. The Labute approximate surface area is 144 Å². The van der Waals surface area contributed by atoms with Gasteiger partial charge < -0.3 is 9.42 Å². The van der Waals surface area contributed by atoms with Gasteiger partial charge in [-0.25, -0.2) is 0 Å². The largest absolute Gasteiger partial charge is 0.361 e. The maximum Gasteiger partial charge on any atom is 0.225 e. The summed E-state index contributed by atoms with van der Waals surface area (Å²) in [6.07, 6.45) is 7.38. The van der Waals surface area contributed by atoms with E-state index < -0.39 is 0 Å². The van der Waals surface area contributed by atoms with Crippen molar-refractivity contribution < 1.29 is 9.32 Å². The molecule has 0 N–H and O–H groups in total. The van der Waals surface area contributed by atoms with Crippen LogP contribution < -0.4 is 0 Å². The van der Waals surface area contributed by atoms with Crippen LogP contribution in [-0.2, 0) is 11.3 Å². The van der Waals surface area contributed by atoms with Crippen LogP contribution in [0.15, 0.2) is 10.6 Å². The minimum Gasteiger partial charge on any atom is -0.361 e. The van der Waals surface area contributed by atoms with Crippen LogP contribution in [-0.4, -0.2) is 47.0 Å². The Hall–Kier alpha value is -1.36. The van der Waals surface area contributed by atoms with Crippen LogP contribution in [0.4, 0.5) is 0 Å². The van der Waals surface area contributed by atoms with Crippen molar-refractivity contribution in [2.24, 2.45) is 17.8 Å². The van der Waals surface area contributed by atoms with E-state index in [1.54, 1.807) is 0 Å². The quantitative estimate of drug-likeness (QED) is 0.854. The molecule has 5 heteroatoms. The molecule has 0 radical (unpaired) electrons. The van der Waals surface area contributed by atoms with Crippen molar-refractivity contribution >= 4 is 5.91 Å². The molecule has 4 rings (SSSR count). The summed E-state index contributed by atoms with van der Waals surface area (Å²) in [6.45, 7) is 6.80. The Morgan fingerprint density at radius 1 is 1.17 bits per heavy atom. The van der Waals surface area contributed by atoms with E-state index in [4.69, 9.17) is 4.52 Å². The molecule has 1 aromatic rings. The van der Waals surface area contributed by atoms with Crippen molar-refractivity contribution in [3.05, 3.63) is 17.5 Å². The lowest BCUT2D eigenvalue weighted by Crippen LogP contribution is -2.41. The highest BCUT2D eigenvalue weighted by Crippen LogP contribution is 2.37. The van der Waals surface area contributed by atoms with Gasteiger partial charge in [0, 0.05) is 31.6 Å². The number of fused-ring (bicyclic) bond motifs is 1. The molecule has 132 valence electrons. The van der Waals surface area contributed by atoms with Crippen molar-refractivity contribution in [2.45, 2.75) is 52.0 Å². The Morgan fingerprint density at radius 2 is 1.83 bits per heavy atom. The Kier molecular flexibility index (Phi) is 4.61. The number of piperidine rings is 1. The number of likely N-dealkylation sites (tertiary alicyclic amines) is 2. The first-order valence-corrected chi connectivity index (χ1v) is 9.62. The van der Waals surface area contributed by atoms with Crippen LogP contribution in [0.25, 0.3) is 0 Å². The number of aromatic nitrogens is 1. The summed E-state index contributed by atoms with van der Waals surface area (Å²) in [4.78, 5) is 17.5. The number of hydrogen-bond donors (Lipinski definition) is 0. The van der Waals surface area contributed by atoms with E-state index in [1.165, 1.54) is 25.7 Å². The SMILES string of the molecule is Cc1cc(CN2CCC(C(=O)N3CC4CCCCC4C3)CC2)no1. The number of carbonyl (C=O) groups is 1. The van der Waals surface area contributed by atoms with Crippen LogP contribution in [0.1, 0.15) is 50.0 Å². The van der Waals surface area contributed by atoms with Gasteiger partial charge in [-0.1, -0.05) is 18.0 Å². The standard InChI is InChI=1S/C19H29N3O2/c1-14-10-18(20-24-14)13-21-8-6-15(7-9-21)19(23)22-11-16-4-2-3-5-17(16)12-22/h10,15-17H,2-9,11-13H2,1H3. The van der Waals surface area contributed by atoms with Crippen LogP contribution in [0.3, 0.4) is 0 Å². The lowest BCUT2D eigenvalue weighted by atomic mass is 9.82. The van der Waals surface area contributed by atoms with Crippen molar-refractivity contribution in [2.75, 3.05) is 26.2 Å². The van der Waals surface area contributed by atoms with Crippen molar-refractivity contribution in [1.82, 2.24) is 15.0 Å². The minimum atomic E-state index is 0.237. The van der Waals surface area contributed by atoms with Crippen molar-refractivity contribution in [3.63, 3.8) is 0 Å². The van der Waals surface area contributed by atoms with Crippen LogP contribution in [0.5, 0.6) is 0 Å². The first kappa shape index (κ1) is 16.1. The predicted molar refractivity (Wildman–Crippen MR) is 91.3 cm³/mol. The normalized spacial score (nSPS) is 29.0. The average molecular weight is 331 g/mol. The van der Waals surface area contributed by atoms with Gasteiger partial charge in [-0.3, -0.25) is 9.69 Å². The molecule has 1 aliphatic carbocycles. The van der Waals surface area contributed by atoms with Crippen molar-refractivity contribution in [1.29, 1.82) is 0 Å². The molecule has 1 aromatic heterocycles. The Bertz CT molecular complexity index is 563. The van der Waals surface area contributed by atoms with Gasteiger partial charge in [-0.2, -0.15) is 0 Å². The number of aryl methyl sites for hydroxylation is 1. The molecule has 2 aliphatic heterocycles. The number of nitrogens with zero attached hydrogens (tertiary/aromatic N) is 3. The third-order valence-corrected chi connectivity index (χ3v) is 6.29. The van der Waals surface area contributed by atoms with Gasteiger partial charge in [-0.05, 0) is 57.5 Å². The molecule has 2 unspecified atom stereocenters.